The Hall–Kier alpha value is -2.43. The van der Waals surface area contributed by atoms with Crippen LogP contribution in [0.5, 0.6) is 5.75 Å². The fourth-order valence-corrected chi connectivity index (χ4v) is 4.10. The number of aromatic nitrogens is 4. The largest absolute Gasteiger partial charge is 0.470 e. The van der Waals surface area contributed by atoms with Crippen molar-refractivity contribution in [3.05, 3.63) is 62.6 Å². The molecule has 2 aromatic heterocycles. The number of alkyl halides is 3. The van der Waals surface area contributed by atoms with E-state index in [4.69, 9.17) is 39.5 Å². The summed E-state index contributed by atoms with van der Waals surface area (Å²) in [5.41, 5.74) is -0.480. The Kier molecular flexibility index (Phi) is 7.30. The number of ether oxygens (including phenoxy) is 1. The van der Waals surface area contributed by atoms with Gasteiger partial charge in [-0.05, 0) is 37.5 Å². The molecule has 0 atom stereocenters. The average molecular weight is 537 g/mol. The predicted octanol–water partition coefficient (Wildman–Crippen LogP) is 5.79. The molecule has 13 heteroatoms. The van der Waals surface area contributed by atoms with Crippen molar-refractivity contribution in [2.75, 3.05) is 6.54 Å². The highest BCUT2D eigenvalue weighted by Crippen LogP contribution is 2.46. The van der Waals surface area contributed by atoms with E-state index in [1.165, 1.54) is 15.4 Å². The number of hydrogen-bond acceptors (Lipinski definition) is 4. The van der Waals surface area contributed by atoms with Crippen molar-refractivity contribution in [3.63, 3.8) is 0 Å². The van der Waals surface area contributed by atoms with Crippen molar-refractivity contribution in [3.8, 4) is 5.75 Å². The monoisotopic (exact) mass is 535 g/mol. The van der Waals surface area contributed by atoms with Crippen LogP contribution < -0.4 is 10.1 Å². The first-order chi connectivity index (χ1) is 16.1. The van der Waals surface area contributed by atoms with Crippen LogP contribution in [-0.4, -0.2) is 32.0 Å². The van der Waals surface area contributed by atoms with Crippen molar-refractivity contribution in [2.24, 2.45) is 0 Å². The predicted molar refractivity (Wildman–Crippen MR) is 120 cm³/mol. The Labute approximate surface area is 207 Å². The van der Waals surface area contributed by atoms with E-state index < -0.39 is 17.8 Å². The highest BCUT2D eigenvalue weighted by molar-refractivity contribution is 6.42. The molecule has 1 aliphatic rings. The molecular formula is C21H19Cl3F3N5O2. The number of nitrogens with zero attached hydrogens (tertiary/aromatic N) is 4. The van der Waals surface area contributed by atoms with Crippen LogP contribution in [0, 0.1) is 0 Å². The van der Waals surface area contributed by atoms with Crippen LogP contribution in [0.25, 0.3) is 0 Å². The third-order valence-electron chi connectivity index (χ3n) is 5.14. The van der Waals surface area contributed by atoms with Gasteiger partial charge in [0.25, 0.3) is 5.91 Å². The Bertz CT molecular complexity index is 1190. The van der Waals surface area contributed by atoms with E-state index in [0.29, 0.717) is 22.9 Å². The maximum atomic E-state index is 13.2. The zero-order valence-electron chi connectivity index (χ0n) is 17.6. The van der Waals surface area contributed by atoms with E-state index in [1.54, 1.807) is 24.4 Å². The summed E-state index contributed by atoms with van der Waals surface area (Å²) in [6, 6.07) is 6.51. The van der Waals surface area contributed by atoms with E-state index in [9.17, 15) is 18.0 Å². The zero-order chi connectivity index (χ0) is 24.5. The quantitative estimate of drug-likeness (QED) is 0.351. The number of nitrogens with one attached hydrogen (secondary N) is 1. The second-order valence-corrected chi connectivity index (χ2v) is 8.88. The summed E-state index contributed by atoms with van der Waals surface area (Å²) in [7, 11) is 0. The Morgan fingerprint density at radius 1 is 1.15 bits per heavy atom. The smallest absolute Gasteiger partial charge is 0.436 e. The highest BCUT2D eigenvalue weighted by atomic mass is 35.5. The molecule has 0 aliphatic heterocycles. The Balaban J connectivity index is 1.28. The molecule has 1 N–H and O–H groups in total. The standard InChI is InChI=1S/C21H19Cl3F3N5O2/c22-13-3-1-4-15(16(13)23)34-11-31-10-7-14(29-31)20(33)28-8-2-9-32-18(12-5-6-12)17(24)19(30-32)21(25,26)27/h1,3-4,7,10,12H,2,5-6,8-9,11H2,(H,28,33). The van der Waals surface area contributed by atoms with Crippen LogP contribution in [0.1, 0.15) is 47.1 Å². The molecule has 1 amide bonds. The number of halogens is 6. The molecule has 7 nitrogen and oxygen atoms in total. The fraction of sp³-hybridized carbons (Fsp3) is 0.381. The Morgan fingerprint density at radius 3 is 2.62 bits per heavy atom. The molecule has 0 saturated heterocycles. The molecule has 2 heterocycles. The summed E-state index contributed by atoms with van der Waals surface area (Å²) < 4.78 is 47.7. The number of carbonyl (C=O) groups excluding carboxylic acids is 1. The van der Waals surface area contributed by atoms with E-state index >= 15 is 0 Å². The van der Waals surface area contributed by atoms with Gasteiger partial charge in [-0.3, -0.25) is 9.48 Å². The molecule has 0 unspecified atom stereocenters. The number of benzene rings is 1. The van der Waals surface area contributed by atoms with Gasteiger partial charge in [-0.2, -0.15) is 23.4 Å². The SMILES string of the molecule is O=C(NCCCn1nc(C(F)(F)F)c(Cl)c1C1CC1)c1ccn(COc2cccc(Cl)c2Cl)n1. The second kappa shape index (κ2) is 10.1. The van der Waals surface area contributed by atoms with E-state index in [1.807, 2.05) is 0 Å². The van der Waals surface area contributed by atoms with Crippen molar-refractivity contribution < 1.29 is 22.7 Å². The van der Waals surface area contributed by atoms with Gasteiger partial charge in [0, 0.05) is 25.2 Å². The molecule has 34 heavy (non-hydrogen) atoms. The van der Waals surface area contributed by atoms with Gasteiger partial charge in [0.2, 0.25) is 0 Å². The lowest BCUT2D eigenvalue weighted by molar-refractivity contribution is -0.141. The molecule has 0 bridgehead atoms. The fourth-order valence-electron chi connectivity index (χ4n) is 3.36. The summed E-state index contributed by atoms with van der Waals surface area (Å²) in [5, 5.41) is 10.8. The number of carbonyl (C=O) groups is 1. The molecule has 1 aliphatic carbocycles. The molecule has 4 rings (SSSR count). The van der Waals surface area contributed by atoms with Crippen molar-refractivity contribution in [1.82, 2.24) is 24.9 Å². The van der Waals surface area contributed by atoms with Gasteiger partial charge in [-0.15, -0.1) is 0 Å². The summed E-state index contributed by atoms with van der Waals surface area (Å²) in [4.78, 5) is 12.4. The molecule has 0 spiro atoms. The number of aryl methyl sites for hydroxylation is 1. The third-order valence-corrected chi connectivity index (χ3v) is 6.31. The van der Waals surface area contributed by atoms with Crippen LogP contribution in [0.2, 0.25) is 15.1 Å². The summed E-state index contributed by atoms with van der Waals surface area (Å²) >= 11 is 18.0. The molecule has 0 radical (unpaired) electrons. The first kappa shape index (κ1) is 24.7. The van der Waals surface area contributed by atoms with E-state index in [-0.39, 0.29) is 41.5 Å². The van der Waals surface area contributed by atoms with Gasteiger partial charge in [-0.25, -0.2) is 4.68 Å². The minimum Gasteiger partial charge on any atom is -0.470 e. The maximum Gasteiger partial charge on any atom is 0.436 e. The van der Waals surface area contributed by atoms with Crippen LogP contribution in [0.15, 0.2) is 30.5 Å². The number of rotatable bonds is 9. The van der Waals surface area contributed by atoms with Crippen LogP contribution >= 0.6 is 34.8 Å². The lowest BCUT2D eigenvalue weighted by Gasteiger charge is -2.09. The van der Waals surface area contributed by atoms with Crippen molar-refractivity contribution >= 4 is 40.7 Å². The summed E-state index contributed by atoms with van der Waals surface area (Å²) in [6.45, 7) is 0.437. The van der Waals surface area contributed by atoms with E-state index in [0.717, 1.165) is 12.8 Å². The molecule has 1 fully saturated rings. The topological polar surface area (TPSA) is 74.0 Å². The minimum absolute atomic E-state index is 0.00123. The van der Waals surface area contributed by atoms with Gasteiger partial charge >= 0.3 is 6.18 Å². The highest BCUT2D eigenvalue weighted by Gasteiger charge is 2.41. The molecule has 1 aromatic carbocycles. The van der Waals surface area contributed by atoms with Crippen LogP contribution in [0.3, 0.4) is 0 Å². The number of hydrogen-bond donors (Lipinski definition) is 1. The van der Waals surface area contributed by atoms with Crippen LogP contribution in [0.4, 0.5) is 13.2 Å². The van der Waals surface area contributed by atoms with Gasteiger partial charge in [0.05, 0.1) is 15.7 Å². The van der Waals surface area contributed by atoms with Gasteiger partial charge in [0.15, 0.2) is 12.4 Å². The first-order valence-electron chi connectivity index (χ1n) is 10.4. The zero-order valence-corrected chi connectivity index (χ0v) is 19.8. The lowest BCUT2D eigenvalue weighted by atomic mass is 10.2. The summed E-state index contributed by atoms with van der Waals surface area (Å²) in [5.74, 6) is -0.0382. The normalized spacial score (nSPS) is 13.8. The first-order valence-corrected chi connectivity index (χ1v) is 11.5. The van der Waals surface area contributed by atoms with Gasteiger partial charge in [0.1, 0.15) is 16.5 Å². The lowest BCUT2D eigenvalue weighted by Crippen LogP contribution is -2.26. The number of amides is 1. The maximum absolute atomic E-state index is 13.2. The molecule has 3 aromatic rings. The van der Waals surface area contributed by atoms with Crippen LogP contribution in [-0.2, 0) is 19.5 Å². The van der Waals surface area contributed by atoms with Gasteiger partial charge < -0.3 is 10.1 Å². The van der Waals surface area contributed by atoms with Crippen molar-refractivity contribution in [2.45, 2.75) is 44.6 Å². The second-order valence-electron chi connectivity index (χ2n) is 7.72. The minimum atomic E-state index is -4.61. The van der Waals surface area contributed by atoms with Gasteiger partial charge in [-0.1, -0.05) is 40.9 Å². The van der Waals surface area contributed by atoms with Crippen molar-refractivity contribution in [1.29, 1.82) is 0 Å². The third kappa shape index (κ3) is 5.61. The Morgan fingerprint density at radius 2 is 1.91 bits per heavy atom. The average Bonchev–Trinajstić information content (AvgIpc) is 3.39. The molecule has 182 valence electrons. The molecular weight excluding hydrogens is 518 g/mol. The summed E-state index contributed by atoms with van der Waals surface area (Å²) in [6.07, 6.45) is -1.09. The van der Waals surface area contributed by atoms with E-state index in [2.05, 4.69) is 15.5 Å². The molecule has 1 saturated carbocycles.